The van der Waals surface area contributed by atoms with Gasteiger partial charge in [-0.15, -0.1) is 10.2 Å². The molecule has 1 aromatic carbocycles. The van der Waals surface area contributed by atoms with Gasteiger partial charge in [-0.1, -0.05) is 22.9 Å². The van der Waals surface area contributed by atoms with Gasteiger partial charge in [-0.25, -0.2) is 0 Å². The van der Waals surface area contributed by atoms with E-state index in [1.54, 1.807) is 25.1 Å². The van der Waals surface area contributed by atoms with Gasteiger partial charge in [0.1, 0.15) is 10.8 Å². The van der Waals surface area contributed by atoms with Gasteiger partial charge in [0.25, 0.3) is 17.4 Å². The average Bonchev–Trinajstić information content (AvgIpc) is 2.86. The SMILES string of the molecule is Cc1nnc(NC(=O)[C@]2(C)Oc3ccc(Cl)cc3NC2=O)s1. The highest BCUT2D eigenvalue weighted by molar-refractivity contribution is 7.15. The van der Waals surface area contributed by atoms with Crippen LogP contribution >= 0.6 is 22.9 Å². The van der Waals surface area contributed by atoms with Crippen molar-refractivity contribution in [2.24, 2.45) is 0 Å². The van der Waals surface area contributed by atoms with Crippen molar-refractivity contribution < 1.29 is 14.3 Å². The lowest BCUT2D eigenvalue weighted by Gasteiger charge is -2.32. The van der Waals surface area contributed by atoms with Gasteiger partial charge >= 0.3 is 0 Å². The van der Waals surface area contributed by atoms with Crippen molar-refractivity contribution in [2.45, 2.75) is 19.4 Å². The van der Waals surface area contributed by atoms with E-state index in [1.165, 1.54) is 18.3 Å². The van der Waals surface area contributed by atoms with E-state index in [0.29, 0.717) is 26.6 Å². The molecule has 2 N–H and O–H groups in total. The van der Waals surface area contributed by atoms with Crippen molar-refractivity contribution in [3.05, 3.63) is 28.2 Å². The third kappa shape index (κ3) is 2.51. The fourth-order valence-corrected chi connectivity index (χ4v) is 2.67. The fourth-order valence-electron chi connectivity index (χ4n) is 1.91. The quantitative estimate of drug-likeness (QED) is 0.819. The van der Waals surface area contributed by atoms with Gasteiger partial charge < -0.3 is 10.1 Å². The second kappa shape index (κ2) is 5.22. The zero-order valence-corrected chi connectivity index (χ0v) is 13.2. The molecule has 3 rings (SSSR count). The van der Waals surface area contributed by atoms with Crippen LogP contribution in [0, 0.1) is 6.92 Å². The number of hydrogen-bond donors (Lipinski definition) is 2. The molecular weight excluding hydrogens is 328 g/mol. The van der Waals surface area contributed by atoms with Crippen LogP contribution in [0.3, 0.4) is 0 Å². The standard InChI is InChI=1S/C13H11ClN4O3S/c1-6-17-18-12(22-6)16-11(20)13(2)10(19)15-8-5-7(14)3-4-9(8)21-13/h3-5H,1-2H3,(H,15,19)(H,16,18,20)/t13-/m1/s1. The predicted molar refractivity (Wildman–Crippen MR) is 82.4 cm³/mol. The van der Waals surface area contributed by atoms with Crippen LogP contribution in [0.2, 0.25) is 5.02 Å². The molecule has 0 saturated heterocycles. The number of carbonyl (C=O) groups is 2. The molecule has 114 valence electrons. The number of benzene rings is 1. The van der Waals surface area contributed by atoms with Crippen molar-refractivity contribution in [3.63, 3.8) is 0 Å². The summed E-state index contributed by atoms with van der Waals surface area (Å²) in [5.74, 6) is -0.835. The summed E-state index contributed by atoms with van der Waals surface area (Å²) < 4.78 is 5.60. The van der Waals surface area contributed by atoms with E-state index < -0.39 is 17.4 Å². The lowest BCUT2D eigenvalue weighted by molar-refractivity contribution is -0.143. The number of ether oxygens (including phenoxy) is 1. The van der Waals surface area contributed by atoms with E-state index in [-0.39, 0.29) is 0 Å². The second-order valence-corrected chi connectivity index (χ2v) is 6.43. The topological polar surface area (TPSA) is 93.2 Å². The molecule has 0 bridgehead atoms. The fraction of sp³-hybridized carbons (Fsp3) is 0.231. The summed E-state index contributed by atoms with van der Waals surface area (Å²) in [6.07, 6.45) is 0. The van der Waals surface area contributed by atoms with Crippen molar-refractivity contribution in [1.82, 2.24) is 10.2 Å². The number of nitrogens with zero attached hydrogens (tertiary/aromatic N) is 2. The van der Waals surface area contributed by atoms with Crippen molar-refractivity contribution >= 4 is 45.6 Å². The summed E-state index contributed by atoms with van der Waals surface area (Å²) in [5, 5.41) is 14.2. The van der Waals surface area contributed by atoms with Gasteiger partial charge in [0.15, 0.2) is 0 Å². The third-order valence-corrected chi connectivity index (χ3v) is 4.11. The van der Waals surface area contributed by atoms with Crippen molar-refractivity contribution in [1.29, 1.82) is 0 Å². The largest absolute Gasteiger partial charge is 0.466 e. The highest BCUT2D eigenvalue weighted by Gasteiger charge is 2.47. The number of amides is 2. The van der Waals surface area contributed by atoms with E-state index in [4.69, 9.17) is 16.3 Å². The number of halogens is 1. The van der Waals surface area contributed by atoms with E-state index >= 15 is 0 Å². The first-order valence-corrected chi connectivity index (χ1v) is 7.49. The summed E-state index contributed by atoms with van der Waals surface area (Å²) in [6.45, 7) is 3.15. The molecule has 0 aliphatic carbocycles. The Morgan fingerprint density at radius 2 is 2.23 bits per heavy atom. The molecule has 7 nitrogen and oxygen atoms in total. The van der Waals surface area contributed by atoms with Crippen LogP contribution in [-0.2, 0) is 9.59 Å². The minimum atomic E-state index is -1.71. The lowest BCUT2D eigenvalue weighted by Crippen LogP contribution is -2.56. The van der Waals surface area contributed by atoms with Crippen LogP contribution in [0.25, 0.3) is 0 Å². The summed E-state index contributed by atoms with van der Waals surface area (Å²) in [5.41, 5.74) is -1.28. The Hall–Kier alpha value is -2.19. The average molecular weight is 339 g/mol. The maximum absolute atomic E-state index is 12.4. The monoisotopic (exact) mass is 338 g/mol. The summed E-state index contributed by atoms with van der Waals surface area (Å²) in [7, 11) is 0. The molecule has 2 heterocycles. The molecular formula is C13H11ClN4O3S. The van der Waals surface area contributed by atoms with Gasteiger partial charge in [0.2, 0.25) is 5.13 Å². The number of aryl methyl sites for hydroxylation is 1. The molecule has 0 spiro atoms. The van der Waals surface area contributed by atoms with Gasteiger partial charge in [0.05, 0.1) is 5.69 Å². The third-order valence-electron chi connectivity index (χ3n) is 3.12. The molecule has 9 heteroatoms. The molecule has 1 aliphatic heterocycles. The lowest BCUT2D eigenvalue weighted by atomic mass is 10.0. The Balaban J connectivity index is 1.87. The maximum atomic E-state index is 12.4. The molecule has 1 aromatic heterocycles. The second-order valence-electron chi connectivity index (χ2n) is 4.81. The van der Waals surface area contributed by atoms with Crippen molar-refractivity contribution in [2.75, 3.05) is 10.6 Å². The first-order chi connectivity index (χ1) is 10.4. The zero-order chi connectivity index (χ0) is 15.9. The zero-order valence-electron chi connectivity index (χ0n) is 11.6. The summed E-state index contributed by atoms with van der Waals surface area (Å²) in [6, 6.07) is 4.77. The molecule has 0 saturated carbocycles. The minimum Gasteiger partial charge on any atom is -0.466 e. The molecule has 1 atom stereocenters. The van der Waals surface area contributed by atoms with Crippen LogP contribution in [-0.4, -0.2) is 27.6 Å². The van der Waals surface area contributed by atoms with Gasteiger partial charge in [-0.2, -0.15) is 0 Å². The highest BCUT2D eigenvalue weighted by atomic mass is 35.5. The minimum absolute atomic E-state index is 0.307. The van der Waals surface area contributed by atoms with E-state index in [1.807, 2.05) is 0 Å². The Kier molecular flexibility index (Phi) is 3.50. The highest BCUT2D eigenvalue weighted by Crippen LogP contribution is 2.36. The van der Waals surface area contributed by atoms with E-state index in [0.717, 1.165) is 0 Å². The number of fused-ring (bicyclic) bond motifs is 1. The van der Waals surface area contributed by atoms with Crippen LogP contribution < -0.4 is 15.4 Å². The van der Waals surface area contributed by atoms with Gasteiger partial charge in [-0.3, -0.25) is 14.9 Å². The van der Waals surface area contributed by atoms with Crippen LogP contribution in [0.5, 0.6) is 5.75 Å². The normalized spacial score (nSPS) is 19.9. The van der Waals surface area contributed by atoms with Gasteiger partial charge in [0, 0.05) is 5.02 Å². The van der Waals surface area contributed by atoms with Gasteiger partial charge in [-0.05, 0) is 32.0 Å². The Bertz CT molecular complexity index is 778. The van der Waals surface area contributed by atoms with Crippen LogP contribution in [0.4, 0.5) is 10.8 Å². The molecule has 0 radical (unpaired) electrons. The van der Waals surface area contributed by atoms with Crippen LogP contribution in [0.1, 0.15) is 11.9 Å². The van der Waals surface area contributed by atoms with E-state index in [9.17, 15) is 9.59 Å². The number of anilines is 2. The summed E-state index contributed by atoms with van der Waals surface area (Å²) in [4.78, 5) is 24.7. The number of nitrogens with one attached hydrogen (secondary N) is 2. The number of carbonyl (C=O) groups excluding carboxylic acids is 2. The molecule has 0 unspecified atom stereocenters. The van der Waals surface area contributed by atoms with Crippen molar-refractivity contribution in [3.8, 4) is 5.75 Å². The Labute approximate surface area is 134 Å². The molecule has 22 heavy (non-hydrogen) atoms. The van der Waals surface area contributed by atoms with E-state index in [2.05, 4.69) is 20.8 Å². The Morgan fingerprint density at radius 3 is 2.91 bits per heavy atom. The summed E-state index contributed by atoms with van der Waals surface area (Å²) >= 11 is 7.08. The first-order valence-electron chi connectivity index (χ1n) is 6.30. The number of hydrogen-bond acceptors (Lipinski definition) is 6. The number of aromatic nitrogens is 2. The molecule has 2 amide bonds. The predicted octanol–water partition coefficient (Wildman–Crippen LogP) is 2.23. The smallest absolute Gasteiger partial charge is 0.280 e. The molecule has 0 fully saturated rings. The number of rotatable bonds is 2. The maximum Gasteiger partial charge on any atom is 0.280 e. The molecule has 1 aliphatic rings. The Morgan fingerprint density at radius 1 is 1.45 bits per heavy atom. The van der Waals surface area contributed by atoms with Crippen LogP contribution in [0.15, 0.2) is 18.2 Å². The first kappa shape index (κ1) is 14.7. The molecule has 2 aromatic rings.